The zero-order valence-electron chi connectivity index (χ0n) is 15.5. The molecule has 0 aliphatic rings. The maximum absolute atomic E-state index is 5.41. The third-order valence-electron chi connectivity index (χ3n) is 3.59. The van der Waals surface area contributed by atoms with Gasteiger partial charge in [0.1, 0.15) is 5.71 Å². The van der Waals surface area contributed by atoms with E-state index >= 15 is 0 Å². The fraction of sp³-hybridized carbons (Fsp3) is 0.316. The molecule has 1 aromatic heterocycles. The molecule has 1 aromatic carbocycles. The van der Waals surface area contributed by atoms with Gasteiger partial charge in [-0.05, 0) is 55.9 Å². The van der Waals surface area contributed by atoms with Crippen LogP contribution in [0.2, 0.25) is 0 Å². The van der Waals surface area contributed by atoms with E-state index in [2.05, 4.69) is 27.8 Å². The number of aryl methyl sites for hydroxylation is 1. The topological polar surface area (TPSA) is 67.8 Å². The molecule has 6 nitrogen and oxygen atoms in total. The third kappa shape index (κ3) is 5.16. The first-order chi connectivity index (χ1) is 12.6. The van der Waals surface area contributed by atoms with Crippen LogP contribution in [-0.4, -0.2) is 36.6 Å². The van der Waals surface area contributed by atoms with Crippen LogP contribution in [0, 0.1) is 6.92 Å². The molecule has 2 rings (SSSR count). The van der Waals surface area contributed by atoms with Gasteiger partial charge in [0.05, 0.1) is 19.9 Å². The number of rotatable bonds is 7. The number of nitrogens with one attached hydrogen (secondary N) is 2. The molecule has 2 aromatic rings. The van der Waals surface area contributed by atoms with Crippen molar-refractivity contribution < 1.29 is 9.47 Å². The smallest absolute Gasteiger partial charge is 0.186 e. The number of benzene rings is 1. The van der Waals surface area contributed by atoms with E-state index in [1.807, 2.05) is 43.3 Å². The highest BCUT2D eigenvalue weighted by atomic mass is 32.1. The van der Waals surface area contributed by atoms with Crippen LogP contribution >= 0.6 is 12.2 Å². The van der Waals surface area contributed by atoms with Gasteiger partial charge in [-0.3, -0.25) is 10.4 Å². The van der Waals surface area contributed by atoms with E-state index in [0.717, 1.165) is 29.9 Å². The van der Waals surface area contributed by atoms with Gasteiger partial charge in [-0.1, -0.05) is 13.0 Å². The summed E-state index contributed by atoms with van der Waals surface area (Å²) in [7, 11) is 3.21. The lowest BCUT2D eigenvalue weighted by Gasteiger charge is -2.12. The first-order valence-electron chi connectivity index (χ1n) is 8.37. The highest BCUT2D eigenvalue weighted by Gasteiger charge is 2.13. The summed E-state index contributed by atoms with van der Waals surface area (Å²) in [6.07, 6.45) is 0.980. The molecule has 138 valence electrons. The quantitative estimate of drug-likeness (QED) is 0.442. The van der Waals surface area contributed by atoms with E-state index in [-0.39, 0.29) is 0 Å². The fourth-order valence-electron chi connectivity index (χ4n) is 2.31. The minimum Gasteiger partial charge on any atom is -0.493 e. The summed E-state index contributed by atoms with van der Waals surface area (Å²) < 4.78 is 10.7. The zero-order chi connectivity index (χ0) is 18.9. The minimum absolute atomic E-state index is 0.470. The van der Waals surface area contributed by atoms with Crippen molar-refractivity contribution in [3.8, 4) is 11.5 Å². The molecule has 0 unspecified atom stereocenters. The van der Waals surface area contributed by atoms with Gasteiger partial charge in [-0.15, -0.1) is 0 Å². The summed E-state index contributed by atoms with van der Waals surface area (Å²) in [4.78, 5) is 4.58. The van der Waals surface area contributed by atoms with Crippen LogP contribution in [0.3, 0.4) is 0 Å². The monoisotopic (exact) mass is 372 g/mol. The second-order valence-corrected chi connectivity index (χ2v) is 5.97. The zero-order valence-corrected chi connectivity index (χ0v) is 16.3. The van der Waals surface area contributed by atoms with Crippen LogP contribution in [-0.2, 0) is 0 Å². The van der Waals surface area contributed by atoms with Crippen LogP contribution in [0.4, 0.5) is 0 Å². The number of ether oxygens (including phenoxy) is 2. The van der Waals surface area contributed by atoms with Crippen molar-refractivity contribution in [3.05, 3.63) is 53.3 Å². The Labute approximate surface area is 159 Å². The normalized spacial score (nSPS) is 11.0. The van der Waals surface area contributed by atoms with E-state index in [1.54, 1.807) is 14.2 Å². The molecule has 0 aliphatic heterocycles. The third-order valence-corrected chi connectivity index (χ3v) is 3.83. The maximum Gasteiger partial charge on any atom is 0.186 e. The molecule has 2 N–H and O–H groups in total. The maximum atomic E-state index is 5.41. The fourth-order valence-corrected chi connectivity index (χ4v) is 2.46. The van der Waals surface area contributed by atoms with Crippen molar-refractivity contribution >= 4 is 23.0 Å². The van der Waals surface area contributed by atoms with Gasteiger partial charge in [0.25, 0.3) is 0 Å². The average molecular weight is 372 g/mol. The Morgan fingerprint density at radius 2 is 1.92 bits per heavy atom. The van der Waals surface area contributed by atoms with Crippen LogP contribution in [0.15, 0.2) is 41.5 Å². The van der Waals surface area contributed by atoms with Crippen molar-refractivity contribution in [1.82, 2.24) is 15.7 Å². The standard InChI is InChI=1S/C19H24N4O2S/c1-5-11-20-19(26)23-22-18(15-8-6-7-13(2)21-15)14-9-10-16(24-3)17(12-14)25-4/h6-10,12H,5,11H2,1-4H3,(H2,20,23,26)/b22-18-. The Kier molecular flexibility index (Phi) is 7.35. The number of hydrogen-bond acceptors (Lipinski definition) is 5. The van der Waals surface area contributed by atoms with Gasteiger partial charge in [-0.2, -0.15) is 5.10 Å². The molecule has 0 saturated heterocycles. The van der Waals surface area contributed by atoms with Crippen LogP contribution in [0.25, 0.3) is 0 Å². The molecule has 26 heavy (non-hydrogen) atoms. The number of pyridine rings is 1. The Hall–Kier alpha value is -2.67. The second-order valence-electron chi connectivity index (χ2n) is 5.56. The lowest BCUT2D eigenvalue weighted by atomic mass is 10.1. The van der Waals surface area contributed by atoms with E-state index in [1.165, 1.54) is 0 Å². The molecule has 7 heteroatoms. The Morgan fingerprint density at radius 1 is 1.15 bits per heavy atom. The molecule has 0 atom stereocenters. The van der Waals surface area contributed by atoms with Gasteiger partial charge in [-0.25, -0.2) is 0 Å². The number of hydrogen-bond donors (Lipinski definition) is 2. The summed E-state index contributed by atoms with van der Waals surface area (Å²) in [5.41, 5.74) is 6.04. The van der Waals surface area contributed by atoms with Gasteiger partial charge in [0, 0.05) is 17.8 Å². The lowest BCUT2D eigenvalue weighted by Crippen LogP contribution is -2.33. The summed E-state index contributed by atoms with van der Waals surface area (Å²) in [5.74, 6) is 1.28. The van der Waals surface area contributed by atoms with Gasteiger partial charge >= 0.3 is 0 Å². The Bertz CT molecular complexity index is 793. The van der Waals surface area contributed by atoms with E-state index < -0.39 is 0 Å². The van der Waals surface area contributed by atoms with Crippen LogP contribution in [0.5, 0.6) is 11.5 Å². The van der Waals surface area contributed by atoms with Gasteiger partial charge in [0.2, 0.25) is 0 Å². The molecular weight excluding hydrogens is 348 g/mol. The van der Waals surface area contributed by atoms with Crippen molar-refractivity contribution in [2.45, 2.75) is 20.3 Å². The van der Waals surface area contributed by atoms with Crippen molar-refractivity contribution in [2.75, 3.05) is 20.8 Å². The van der Waals surface area contributed by atoms with Crippen molar-refractivity contribution in [2.24, 2.45) is 5.10 Å². The number of methoxy groups -OCH3 is 2. The van der Waals surface area contributed by atoms with E-state index in [9.17, 15) is 0 Å². The first-order valence-corrected chi connectivity index (χ1v) is 8.77. The van der Waals surface area contributed by atoms with Gasteiger partial charge < -0.3 is 14.8 Å². The molecule has 1 heterocycles. The molecule has 0 amide bonds. The molecule has 0 saturated carbocycles. The van der Waals surface area contributed by atoms with E-state index in [4.69, 9.17) is 21.7 Å². The molecular formula is C19H24N4O2S. The summed E-state index contributed by atoms with van der Waals surface area (Å²) in [6, 6.07) is 11.4. The number of hydrazone groups is 1. The average Bonchev–Trinajstić information content (AvgIpc) is 2.66. The molecule has 0 aliphatic carbocycles. The summed E-state index contributed by atoms with van der Waals surface area (Å²) in [6.45, 7) is 4.80. The highest BCUT2D eigenvalue weighted by molar-refractivity contribution is 7.80. The highest BCUT2D eigenvalue weighted by Crippen LogP contribution is 2.28. The summed E-state index contributed by atoms with van der Waals surface area (Å²) in [5, 5.41) is 8.05. The largest absolute Gasteiger partial charge is 0.493 e. The number of thiocarbonyl (C=S) groups is 1. The summed E-state index contributed by atoms with van der Waals surface area (Å²) >= 11 is 5.26. The predicted molar refractivity (Wildman–Crippen MR) is 108 cm³/mol. The molecule has 0 bridgehead atoms. The number of aromatic nitrogens is 1. The molecule has 0 fully saturated rings. The van der Waals surface area contributed by atoms with Crippen molar-refractivity contribution in [3.63, 3.8) is 0 Å². The number of nitrogens with zero attached hydrogens (tertiary/aromatic N) is 2. The SMILES string of the molecule is CCCNC(=S)N/N=C(/c1ccc(OC)c(OC)c1)c1cccc(C)n1. The minimum atomic E-state index is 0.470. The van der Waals surface area contributed by atoms with Crippen molar-refractivity contribution in [1.29, 1.82) is 0 Å². The molecule has 0 radical (unpaired) electrons. The first kappa shape index (κ1) is 19.7. The van der Waals surface area contributed by atoms with E-state index in [0.29, 0.717) is 22.3 Å². The van der Waals surface area contributed by atoms with Gasteiger partial charge in [0.15, 0.2) is 16.6 Å². The lowest BCUT2D eigenvalue weighted by molar-refractivity contribution is 0.355. The second kappa shape index (κ2) is 9.72. The predicted octanol–water partition coefficient (Wildman–Crippen LogP) is 3.03. The molecule has 0 spiro atoms. The Balaban J connectivity index is 2.42. The van der Waals surface area contributed by atoms with Crippen LogP contribution in [0.1, 0.15) is 30.3 Å². The van der Waals surface area contributed by atoms with Crippen LogP contribution < -0.4 is 20.2 Å². The Morgan fingerprint density at radius 3 is 2.58 bits per heavy atom.